The third kappa shape index (κ3) is 5.40. The predicted molar refractivity (Wildman–Crippen MR) is 115 cm³/mol. The Hall–Kier alpha value is -2.31. The van der Waals surface area contributed by atoms with E-state index in [1.165, 1.54) is 6.92 Å². The van der Waals surface area contributed by atoms with Gasteiger partial charge < -0.3 is 9.30 Å². The lowest BCUT2D eigenvalue weighted by atomic mass is 10.1. The number of pyridine rings is 1. The minimum Gasteiger partial charge on any atom is -0.455 e. The summed E-state index contributed by atoms with van der Waals surface area (Å²) >= 11 is 7.81. The molecule has 0 aliphatic heterocycles. The number of esters is 1. The summed E-state index contributed by atoms with van der Waals surface area (Å²) in [7, 11) is 0. The van der Waals surface area contributed by atoms with Gasteiger partial charge >= 0.3 is 5.97 Å². The van der Waals surface area contributed by atoms with Gasteiger partial charge in [0, 0.05) is 29.2 Å². The average Bonchev–Trinajstić information content (AvgIpc) is 3.00. The van der Waals surface area contributed by atoms with Crippen molar-refractivity contribution in [1.82, 2.24) is 14.5 Å². The van der Waals surface area contributed by atoms with Crippen LogP contribution in [0.2, 0.25) is 5.02 Å². The first kappa shape index (κ1) is 21.4. The van der Waals surface area contributed by atoms with Crippen molar-refractivity contribution in [1.29, 1.82) is 0 Å². The van der Waals surface area contributed by atoms with E-state index in [1.54, 1.807) is 18.0 Å². The molecule has 3 aromatic rings. The fourth-order valence-corrected chi connectivity index (χ4v) is 4.50. The summed E-state index contributed by atoms with van der Waals surface area (Å²) in [6, 6.07) is 11.7. The highest BCUT2D eigenvalue weighted by Crippen LogP contribution is 2.37. The zero-order chi connectivity index (χ0) is 21.0. The Kier molecular flexibility index (Phi) is 6.98. The monoisotopic (exact) mass is 429 g/mol. The standard InChI is InChI=1S/C22H24ClN3O2S/c1-14(2)20-22(29-19-9-5-8-18(23)11-19)26(13-17-7-6-10-24-12-17)21(25-20)15(3)28-16(4)27/h5-12,14-15H,13H2,1-4H3. The topological polar surface area (TPSA) is 57.0 Å². The number of nitrogens with zero attached hydrogens (tertiary/aromatic N) is 3. The number of carbonyl (C=O) groups is 1. The third-order valence-corrected chi connectivity index (χ3v) is 5.65. The minimum atomic E-state index is -0.463. The van der Waals surface area contributed by atoms with Crippen LogP contribution in [0.1, 0.15) is 56.8 Å². The molecule has 1 unspecified atom stereocenters. The van der Waals surface area contributed by atoms with Crippen molar-refractivity contribution < 1.29 is 9.53 Å². The van der Waals surface area contributed by atoms with Gasteiger partial charge in [0.2, 0.25) is 0 Å². The number of carbonyl (C=O) groups excluding carboxylic acids is 1. The van der Waals surface area contributed by atoms with Gasteiger partial charge in [-0.15, -0.1) is 0 Å². The highest BCUT2D eigenvalue weighted by atomic mass is 35.5. The molecule has 0 N–H and O–H groups in total. The molecule has 1 atom stereocenters. The maximum Gasteiger partial charge on any atom is 0.303 e. The second kappa shape index (κ2) is 9.46. The van der Waals surface area contributed by atoms with E-state index in [2.05, 4.69) is 23.4 Å². The summed E-state index contributed by atoms with van der Waals surface area (Å²) < 4.78 is 7.58. The molecule has 7 heteroatoms. The molecular weight excluding hydrogens is 406 g/mol. The SMILES string of the molecule is CC(=O)OC(C)c1nc(C(C)C)c(Sc2cccc(Cl)c2)n1Cc1cccnc1. The van der Waals surface area contributed by atoms with E-state index in [-0.39, 0.29) is 11.9 Å². The van der Waals surface area contributed by atoms with Gasteiger partial charge in [-0.2, -0.15) is 0 Å². The van der Waals surface area contributed by atoms with E-state index < -0.39 is 6.10 Å². The van der Waals surface area contributed by atoms with Crippen LogP contribution in [0.25, 0.3) is 0 Å². The Balaban J connectivity index is 2.11. The summed E-state index contributed by atoms with van der Waals surface area (Å²) in [5.41, 5.74) is 2.01. The van der Waals surface area contributed by atoms with E-state index in [0.717, 1.165) is 27.0 Å². The number of halogens is 1. The molecule has 0 saturated carbocycles. The van der Waals surface area contributed by atoms with Gasteiger partial charge in [-0.25, -0.2) is 4.98 Å². The van der Waals surface area contributed by atoms with Crippen LogP contribution in [0.3, 0.4) is 0 Å². The molecule has 29 heavy (non-hydrogen) atoms. The molecule has 0 saturated heterocycles. The van der Waals surface area contributed by atoms with Crippen LogP contribution in [0.5, 0.6) is 0 Å². The molecule has 2 heterocycles. The smallest absolute Gasteiger partial charge is 0.303 e. The summed E-state index contributed by atoms with van der Waals surface area (Å²) in [4.78, 5) is 21.7. The number of rotatable bonds is 7. The molecule has 0 radical (unpaired) electrons. The van der Waals surface area contributed by atoms with Crippen molar-refractivity contribution in [2.24, 2.45) is 0 Å². The van der Waals surface area contributed by atoms with Crippen molar-refractivity contribution >= 4 is 29.3 Å². The number of benzene rings is 1. The Bertz CT molecular complexity index is 989. The van der Waals surface area contributed by atoms with Crippen molar-refractivity contribution in [3.8, 4) is 0 Å². The normalized spacial score (nSPS) is 12.2. The zero-order valence-corrected chi connectivity index (χ0v) is 18.5. The Morgan fingerprint density at radius 1 is 1.24 bits per heavy atom. The molecule has 3 rings (SSSR count). The van der Waals surface area contributed by atoms with Crippen LogP contribution >= 0.6 is 23.4 Å². The maximum absolute atomic E-state index is 11.6. The molecule has 0 bridgehead atoms. The summed E-state index contributed by atoms with van der Waals surface area (Å²) in [6.45, 7) is 8.06. The van der Waals surface area contributed by atoms with E-state index >= 15 is 0 Å². The number of hydrogen-bond donors (Lipinski definition) is 0. The average molecular weight is 430 g/mol. The van der Waals surface area contributed by atoms with Gasteiger partial charge in [-0.05, 0) is 42.7 Å². The first-order valence-electron chi connectivity index (χ1n) is 9.45. The molecule has 2 aromatic heterocycles. The molecule has 0 amide bonds. The molecule has 0 spiro atoms. The summed E-state index contributed by atoms with van der Waals surface area (Å²) in [6.07, 6.45) is 3.12. The van der Waals surface area contributed by atoms with Crippen LogP contribution in [-0.2, 0) is 16.1 Å². The number of imidazole rings is 1. The third-order valence-electron chi connectivity index (χ3n) is 4.30. The minimum absolute atomic E-state index is 0.204. The molecule has 1 aromatic carbocycles. The number of hydrogen-bond acceptors (Lipinski definition) is 5. The zero-order valence-electron chi connectivity index (χ0n) is 16.9. The second-order valence-corrected chi connectivity index (χ2v) is 8.57. The maximum atomic E-state index is 11.6. The van der Waals surface area contributed by atoms with Gasteiger partial charge in [-0.3, -0.25) is 9.78 Å². The van der Waals surface area contributed by atoms with Crippen LogP contribution in [0.4, 0.5) is 0 Å². The van der Waals surface area contributed by atoms with Gasteiger partial charge in [-0.1, -0.05) is 49.3 Å². The number of ether oxygens (including phenoxy) is 1. The Morgan fingerprint density at radius 3 is 2.66 bits per heavy atom. The van der Waals surface area contributed by atoms with Crippen molar-refractivity contribution in [2.45, 2.75) is 56.2 Å². The van der Waals surface area contributed by atoms with Gasteiger partial charge in [0.05, 0.1) is 12.2 Å². The van der Waals surface area contributed by atoms with Gasteiger partial charge in [0.25, 0.3) is 0 Å². The molecule has 5 nitrogen and oxygen atoms in total. The molecule has 0 aliphatic carbocycles. The van der Waals surface area contributed by atoms with Crippen LogP contribution in [0, 0.1) is 0 Å². The van der Waals surface area contributed by atoms with Crippen LogP contribution in [-0.4, -0.2) is 20.5 Å². The highest BCUT2D eigenvalue weighted by molar-refractivity contribution is 7.99. The Labute approximate surface area is 180 Å². The molecular formula is C22H24ClN3O2S. The fraction of sp³-hybridized carbons (Fsp3) is 0.318. The van der Waals surface area contributed by atoms with Crippen molar-refractivity contribution in [3.05, 3.63) is 70.9 Å². The van der Waals surface area contributed by atoms with E-state index in [1.807, 2.05) is 49.5 Å². The van der Waals surface area contributed by atoms with Crippen LogP contribution in [0.15, 0.2) is 58.7 Å². The molecule has 0 aliphatic rings. The Morgan fingerprint density at radius 2 is 2.03 bits per heavy atom. The van der Waals surface area contributed by atoms with Gasteiger partial charge in [0.15, 0.2) is 11.9 Å². The predicted octanol–water partition coefficient (Wildman–Crippen LogP) is 5.88. The molecule has 0 fully saturated rings. The fourth-order valence-electron chi connectivity index (χ4n) is 3.04. The lowest BCUT2D eigenvalue weighted by Gasteiger charge is -2.16. The summed E-state index contributed by atoms with van der Waals surface area (Å²) in [5, 5.41) is 1.70. The first-order valence-corrected chi connectivity index (χ1v) is 10.6. The lowest BCUT2D eigenvalue weighted by Crippen LogP contribution is -2.13. The van der Waals surface area contributed by atoms with Gasteiger partial charge in [0.1, 0.15) is 5.03 Å². The summed E-state index contributed by atoms with van der Waals surface area (Å²) in [5.74, 6) is 0.593. The van der Waals surface area contributed by atoms with Crippen molar-refractivity contribution in [2.75, 3.05) is 0 Å². The van der Waals surface area contributed by atoms with Crippen LogP contribution < -0.4 is 0 Å². The van der Waals surface area contributed by atoms with E-state index in [9.17, 15) is 4.79 Å². The van der Waals surface area contributed by atoms with E-state index in [0.29, 0.717) is 11.6 Å². The van der Waals surface area contributed by atoms with Crippen molar-refractivity contribution in [3.63, 3.8) is 0 Å². The quantitative estimate of drug-likeness (QED) is 0.439. The lowest BCUT2D eigenvalue weighted by molar-refractivity contribution is -0.146. The highest BCUT2D eigenvalue weighted by Gasteiger charge is 2.25. The first-order chi connectivity index (χ1) is 13.8. The number of aromatic nitrogens is 3. The second-order valence-electron chi connectivity index (χ2n) is 7.07. The largest absolute Gasteiger partial charge is 0.455 e. The molecule has 152 valence electrons. The van der Waals surface area contributed by atoms with E-state index in [4.69, 9.17) is 21.3 Å².